The van der Waals surface area contributed by atoms with Crippen molar-refractivity contribution in [3.8, 4) is 5.75 Å². The molecule has 1 heterocycles. The van der Waals surface area contributed by atoms with Crippen LogP contribution in [0.3, 0.4) is 0 Å². The molecule has 2 aromatic rings. The van der Waals surface area contributed by atoms with E-state index in [-0.39, 0.29) is 24.8 Å². The number of aryl methyl sites for hydroxylation is 1. The van der Waals surface area contributed by atoms with Crippen molar-refractivity contribution in [3.05, 3.63) is 64.1 Å². The normalized spacial score (nSPS) is 15.6. The van der Waals surface area contributed by atoms with Gasteiger partial charge in [-0.3, -0.25) is 14.4 Å². The second-order valence-corrected chi connectivity index (χ2v) is 9.91. The molecule has 0 bridgehead atoms. The van der Waals surface area contributed by atoms with E-state index in [1.165, 1.54) is 10.5 Å². The molecule has 8 heteroatoms. The number of halogens is 1. The van der Waals surface area contributed by atoms with Crippen LogP contribution in [0.1, 0.15) is 49.0 Å². The Morgan fingerprint density at radius 2 is 1.91 bits per heavy atom. The molecule has 0 spiro atoms. The molecular weight excluding hydrogens is 512 g/mol. The van der Waals surface area contributed by atoms with Gasteiger partial charge in [-0.1, -0.05) is 60.1 Å². The van der Waals surface area contributed by atoms with Crippen molar-refractivity contribution in [2.24, 2.45) is 5.92 Å². The SMILES string of the molecule is CC(C)CCOc1ccc(Br)cc1C(=O)N1CCNC(=O)C1CC(=O)OCCCc1ccccc1. The van der Waals surface area contributed by atoms with Gasteiger partial charge in [0.15, 0.2) is 0 Å². The Labute approximate surface area is 215 Å². The zero-order valence-electron chi connectivity index (χ0n) is 20.3. The maximum atomic E-state index is 13.5. The lowest BCUT2D eigenvalue weighted by Gasteiger charge is -2.35. The Balaban J connectivity index is 1.63. The lowest BCUT2D eigenvalue weighted by atomic mass is 10.1. The van der Waals surface area contributed by atoms with Crippen molar-refractivity contribution >= 4 is 33.7 Å². The highest BCUT2D eigenvalue weighted by atomic mass is 79.9. The lowest BCUT2D eigenvalue weighted by molar-refractivity contribution is -0.147. The van der Waals surface area contributed by atoms with E-state index in [9.17, 15) is 14.4 Å². The van der Waals surface area contributed by atoms with E-state index < -0.39 is 12.0 Å². The Kier molecular flexibility index (Phi) is 10.1. The largest absolute Gasteiger partial charge is 0.493 e. The zero-order chi connectivity index (χ0) is 25.2. The van der Waals surface area contributed by atoms with Crippen LogP contribution in [0.2, 0.25) is 0 Å². The molecule has 1 saturated heterocycles. The number of amides is 2. The average Bonchev–Trinajstić information content (AvgIpc) is 2.84. The number of rotatable bonds is 11. The number of carbonyl (C=O) groups excluding carboxylic acids is 3. The molecule has 188 valence electrons. The van der Waals surface area contributed by atoms with E-state index >= 15 is 0 Å². The van der Waals surface area contributed by atoms with Gasteiger partial charge in [-0.05, 0) is 48.9 Å². The lowest BCUT2D eigenvalue weighted by Crippen LogP contribution is -2.57. The van der Waals surface area contributed by atoms with Gasteiger partial charge in [0.25, 0.3) is 5.91 Å². The molecule has 1 atom stereocenters. The van der Waals surface area contributed by atoms with Crippen LogP contribution in [0.4, 0.5) is 0 Å². The van der Waals surface area contributed by atoms with Crippen LogP contribution >= 0.6 is 15.9 Å². The average molecular weight is 545 g/mol. The molecular formula is C27H33BrN2O5. The van der Waals surface area contributed by atoms with Gasteiger partial charge in [0.05, 0.1) is 25.2 Å². The van der Waals surface area contributed by atoms with Gasteiger partial charge in [-0.15, -0.1) is 0 Å². The molecule has 0 saturated carbocycles. The van der Waals surface area contributed by atoms with Crippen molar-refractivity contribution in [1.29, 1.82) is 0 Å². The molecule has 2 amide bonds. The summed E-state index contributed by atoms with van der Waals surface area (Å²) in [4.78, 5) is 40.1. The summed E-state index contributed by atoms with van der Waals surface area (Å²) in [6, 6.07) is 14.3. The fraction of sp³-hybridized carbons (Fsp3) is 0.444. The number of hydrogen-bond acceptors (Lipinski definition) is 5. The number of ether oxygens (including phenoxy) is 2. The van der Waals surface area contributed by atoms with E-state index in [1.807, 2.05) is 36.4 Å². The van der Waals surface area contributed by atoms with Crippen LogP contribution < -0.4 is 10.1 Å². The first-order valence-corrected chi connectivity index (χ1v) is 12.8. The fourth-order valence-electron chi connectivity index (χ4n) is 3.84. The Bertz CT molecular complexity index is 1010. The minimum absolute atomic E-state index is 0.194. The molecule has 1 aliphatic rings. The molecule has 1 fully saturated rings. The summed E-state index contributed by atoms with van der Waals surface area (Å²) in [5, 5.41) is 2.75. The monoisotopic (exact) mass is 544 g/mol. The predicted molar refractivity (Wildman–Crippen MR) is 137 cm³/mol. The number of benzene rings is 2. The van der Waals surface area contributed by atoms with Crippen molar-refractivity contribution < 1.29 is 23.9 Å². The quantitative estimate of drug-likeness (QED) is 0.335. The highest BCUT2D eigenvalue weighted by Crippen LogP contribution is 2.27. The van der Waals surface area contributed by atoms with Gasteiger partial charge >= 0.3 is 5.97 Å². The number of esters is 1. The van der Waals surface area contributed by atoms with Crippen LogP contribution in [0.5, 0.6) is 5.75 Å². The molecule has 0 radical (unpaired) electrons. The summed E-state index contributed by atoms with van der Waals surface area (Å²) in [6.45, 7) is 5.58. The summed E-state index contributed by atoms with van der Waals surface area (Å²) in [7, 11) is 0. The molecule has 0 aliphatic carbocycles. The Morgan fingerprint density at radius 1 is 1.14 bits per heavy atom. The molecule has 35 heavy (non-hydrogen) atoms. The minimum Gasteiger partial charge on any atom is -0.493 e. The van der Waals surface area contributed by atoms with E-state index in [0.717, 1.165) is 17.3 Å². The van der Waals surface area contributed by atoms with Crippen LogP contribution in [0.25, 0.3) is 0 Å². The molecule has 7 nitrogen and oxygen atoms in total. The third-order valence-electron chi connectivity index (χ3n) is 5.79. The molecule has 1 N–H and O–H groups in total. The van der Waals surface area contributed by atoms with Gasteiger partial charge in [0.2, 0.25) is 5.91 Å². The van der Waals surface area contributed by atoms with E-state index in [0.29, 0.717) is 43.3 Å². The number of hydrogen-bond donors (Lipinski definition) is 1. The Hall–Kier alpha value is -2.87. The maximum absolute atomic E-state index is 13.5. The second-order valence-electron chi connectivity index (χ2n) is 8.99. The third kappa shape index (κ3) is 8.09. The first kappa shape index (κ1) is 26.7. The van der Waals surface area contributed by atoms with Crippen molar-refractivity contribution in [3.63, 3.8) is 0 Å². The number of nitrogens with one attached hydrogen (secondary N) is 1. The van der Waals surface area contributed by atoms with Gasteiger partial charge < -0.3 is 19.7 Å². The summed E-state index contributed by atoms with van der Waals surface area (Å²) in [5.74, 6) is -0.267. The van der Waals surface area contributed by atoms with Crippen LogP contribution in [0.15, 0.2) is 53.0 Å². The summed E-state index contributed by atoms with van der Waals surface area (Å²) in [6.07, 6.45) is 2.14. The first-order valence-electron chi connectivity index (χ1n) is 12.1. The fourth-order valence-corrected chi connectivity index (χ4v) is 4.20. The van der Waals surface area contributed by atoms with Gasteiger partial charge in [0.1, 0.15) is 11.8 Å². The number of carbonyl (C=O) groups is 3. The van der Waals surface area contributed by atoms with E-state index in [2.05, 4.69) is 35.1 Å². The molecule has 2 aromatic carbocycles. The smallest absolute Gasteiger partial charge is 0.308 e. The van der Waals surface area contributed by atoms with Crippen molar-refractivity contribution in [1.82, 2.24) is 10.2 Å². The summed E-state index contributed by atoms with van der Waals surface area (Å²) >= 11 is 3.42. The molecule has 1 aliphatic heterocycles. The topological polar surface area (TPSA) is 84.9 Å². The zero-order valence-corrected chi connectivity index (χ0v) is 21.9. The first-order chi connectivity index (χ1) is 16.8. The van der Waals surface area contributed by atoms with Crippen molar-refractivity contribution in [2.75, 3.05) is 26.3 Å². The molecule has 3 rings (SSSR count). The summed E-state index contributed by atoms with van der Waals surface area (Å²) in [5.41, 5.74) is 1.53. The van der Waals surface area contributed by atoms with Crippen molar-refractivity contribution in [2.45, 2.75) is 45.6 Å². The van der Waals surface area contributed by atoms with Gasteiger partial charge in [0, 0.05) is 17.6 Å². The standard InChI is InChI=1S/C27H33BrN2O5/c1-19(2)12-16-34-24-11-10-21(28)17-22(24)27(33)30-14-13-29-26(32)23(30)18-25(31)35-15-6-9-20-7-4-3-5-8-20/h3-5,7-8,10-11,17,19,23H,6,9,12-16,18H2,1-2H3,(H,29,32). The number of nitrogens with zero attached hydrogens (tertiary/aromatic N) is 1. The van der Waals surface area contributed by atoms with Crippen LogP contribution in [-0.4, -0.2) is 55.0 Å². The van der Waals surface area contributed by atoms with Gasteiger partial charge in [-0.2, -0.15) is 0 Å². The molecule has 0 aromatic heterocycles. The highest BCUT2D eigenvalue weighted by molar-refractivity contribution is 9.10. The van der Waals surface area contributed by atoms with Gasteiger partial charge in [-0.25, -0.2) is 0 Å². The highest BCUT2D eigenvalue weighted by Gasteiger charge is 2.36. The maximum Gasteiger partial charge on any atom is 0.308 e. The van der Waals surface area contributed by atoms with E-state index in [4.69, 9.17) is 9.47 Å². The van der Waals surface area contributed by atoms with Crippen LogP contribution in [0, 0.1) is 5.92 Å². The summed E-state index contributed by atoms with van der Waals surface area (Å²) < 4.78 is 12.0. The van der Waals surface area contributed by atoms with E-state index in [1.54, 1.807) is 12.1 Å². The number of piperazine rings is 1. The molecule has 1 unspecified atom stereocenters. The minimum atomic E-state index is -0.930. The third-order valence-corrected chi connectivity index (χ3v) is 6.29. The predicted octanol–water partition coefficient (Wildman–Crippen LogP) is 4.38. The van der Waals surface area contributed by atoms with Crippen LogP contribution in [-0.2, 0) is 20.7 Å². The second kappa shape index (κ2) is 13.3. The Morgan fingerprint density at radius 3 is 2.66 bits per heavy atom.